The van der Waals surface area contributed by atoms with Gasteiger partial charge in [0.2, 0.25) is 11.8 Å². The Labute approximate surface area is 196 Å². The van der Waals surface area contributed by atoms with Crippen LogP contribution in [-0.4, -0.2) is 28.1 Å². The summed E-state index contributed by atoms with van der Waals surface area (Å²) in [6.45, 7) is 3.70. The highest BCUT2D eigenvalue weighted by molar-refractivity contribution is 8.00. The van der Waals surface area contributed by atoms with Crippen LogP contribution in [0.1, 0.15) is 25.3 Å². The van der Waals surface area contributed by atoms with Gasteiger partial charge in [0.15, 0.2) is 0 Å². The van der Waals surface area contributed by atoms with Crippen molar-refractivity contribution in [1.82, 2.24) is 0 Å². The summed E-state index contributed by atoms with van der Waals surface area (Å²) < 4.78 is 0. The van der Waals surface area contributed by atoms with Crippen molar-refractivity contribution in [2.75, 3.05) is 10.6 Å². The minimum absolute atomic E-state index is 0.159. The maximum Gasteiger partial charge on any atom is 0.307 e. The van der Waals surface area contributed by atoms with Crippen LogP contribution in [0.2, 0.25) is 5.02 Å². The number of halogens is 1. The number of thioether (sulfide) groups is 1. The van der Waals surface area contributed by atoms with E-state index in [-0.39, 0.29) is 17.1 Å². The second-order valence-corrected chi connectivity index (χ2v) is 9.57. The molecule has 6 nitrogen and oxygen atoms in total. The summed E-state index contributed by atoms with van der Waals surface area (Å²) in [6, 6.07) is 12.5. The van der Waals surface area contributed by atoms with Crippen molar-refractivity contribution in [3.05, 3.63) is 65.2 Å². The van der Waals surface area contributed by atoms with Gasteiger partial charge in [-0.3, -0.25) is 14.4 Å². The number of hydrogen-bond acceptors (Lipinski definition) is 4. The molecule has 168 valence electrons. The molecule has 0 heterocycles. The molecule has 2 aromatic carbocycles. The number of rotatable bonds is 7. The predicted octanol–water partition coefficient (Wildman–Crippen LogP) is 5.37. The number of carbonyl (C=O) groups excluding carboxylic acids is 2. The van der Waals surface area contributed by atoms with Crippen LogP contribution in [0.5, 0.6) is 0 Å². The molecule has 0 bridgehead atoms. The summed E-state index contributed by atoms with van der Waals surface area (Å²) in [5, 5.41) is 15.3. The standard InChI is InChI=1S/C24H25ClN2O4S/c1-14-10-11-16(25)12-21(14)27-22(28)15(2)32-18-7-5-6-17(13-18)26-23(29)19-8-3-4-9-20(19)24(30)31/h3-7,10-13,15,19-20H,8-9H2,1-2H3,(H,26,29)(H,27,28)(H,30,31). The molecular formula is C24H25ClN2O4S. The van der Waals surface area contributed by atoms with E-state index in [1.54, 1.807) is 43.3 Å². The minimum atomic E-state index is -0.964. The van der Waals surface area contributed by atoms with Crippen LogP contribution in [0.3, 0.4) is 0 Å². The molecule has 3 unspecified atom stereocenters. The molecule has 0 radical (unpaired) electrons. The molecule has 8 heteroatoms. The number of aliphatic carboxylic acids is 1. The molecule has 0 saturated heterocycles. The Morgan fingerprint density at radius 2 is 1.78 bits per heavy atom. The summed E-state index contributed by atoms with van der Waals surface area (Å²) in [5.74, 6) is -2.77. The maximum absolute atomic E-state index is 12.7. The van der Waals surface area contributed by atoms with Gasteiger partial charge in [-0.05, 0) is 62.6 Å². The summed E-state index contributed by atoms with van der Waals surface area (Å²) >= 11 is 7.39. The van der Waals surface area contributed by atoms with Crippen molar-refractivity contribution >= 4 is 52.5 Å². The minimum Gasteiger partial charge on any atom is -0.481 e. The van der Waals surface area contributed by atoms with Gasteiger partial charge in [-0.2, -0.15) is 0 Å². The first-order chi connectivity index (χ1) is 15.2. The van der Waals surface area contributed by atoms with E-state index in [2.05, 4.69) is 10.6 Å². The second kappa shape index (κ2) is 10.7. The van der Waals surface area contributed by atoms with Crippen LogP contribution < -0.4 is 10.6 Å². The van der Waals surface area contributed by atoms with Crippen molar-refractivity contribution in [1.29, 1.82) is 0 Å². The van der Waals surface area contributed by atoms with Gasteiger partial charge in [-0.15, -0.1) is 11.8 Å². The summed E-state index contributed by atoms with van der Waals surface area (Å²) in [4.78, 5) is 37.6. The number of carboxylic acids is 1. The van der Waals surface area contributed by atoms with E-state index in [0.717, 1.165) is 10.5 Å². The van der Waals surface area contributed by atoms with Crippen molar-refractivity contribution < 1.29 is 19.5 Å². The van der Waals surface area contributed by atoms with Crippen LogP contribution in [0.4, 0.5) is 11.4 Å². The fourth-order valence-electron chi connectivity index (χ4n) is 3.48. The van der Waals surface area contributed by atoms with Crippen LogP contribution in [0.25, 0.3) is 0 Å². The fourth-order valence-corrected chi connectivity index (χ4v) is 4.58. The van der Waals surface area contributed by atoms with E-state index in [1.165, 1.54) is 11.8 Å². The van der Waals surface area contributed by atoms with Crippen LogP contribution in [0.15, 0.2) is 59.5 Å². The molecule has 0 saturated carbocycles. The quantitative estimate of drug-likeness (QED) is 0.371. The normalized spacial score (nSPS) is 18.6. The molecule has 2 amide bonds. The lowest BCUT2D eigenvalue weighted by molar-refractivity contribution is -0.146. The molecule has 3 N–H and O–H groups in total. The molecular weight excluding hydrogens is 448 g/mol. The average Bonchev–Trinajstić information content (AvgIpc) is 2.76. The second-order valence-electron chi connectivity index (χ2n) is 7.72. The summed E-state index contributed by atoms with van der Waals surface area (Å²) in [5.41, 5.74) is 2.16. The van der Waals surface area contributed by atoms with Crippen LogP contribution >= 0.6 is 23.4 Å². The zero-order valence-electron chi connectivity index (χ0n) is 17.8. The molecule has 0 aliphatic heterocycles. The number of benzene rings is 2. The zero-order chi connectivity index (χ0) is 23.3. The number of amides is 2. The number of aryl methyl sites for hydroxylation is 1. The third-order valence-corrected chi connectivity index (χ3v) is 6.66. The van der Waals surface area contributed by atoms with Gasteiger partial charge in [0.1, 0.15) is 0 Å². The van der Waals surface area contributed by atoms with E-state index in [0.29, 0.717) is 29.2 Å². The smallest absolute Gasteiger partial charge is 0.307 e. The zero-order valence-corrected chi connectivity index (χ0v) is 19.4. The van der Waals surface area contributed by atoms with Gasteiger partial charge < -0.3 is 15.7 Å². The molecule has 3 rings (SSSR count). The van der Waals surface area contributed by atoms with Gasteiger partial charge in [-0.25, -0.2) is 0 Å². The van der Waals surface area contributed by atoms with Crippen LogP contribution in [0, 0.1) is 18.8 Å². The highest BCUT2D eigenvalue weighted by atomic mass is 35.5. The van der Waals surface area contributed by atoms with E-state index < -0.39 is 17.8 Å². The number of allylic oxidation sites excluding steroid dienone is 2. The van der Waals surface area contributed by atoms with Gasteiger partial charge in [0, 0.05) is 21.3 Å². The Kier molecular flexibility index (Phi) is 7.99. The van der Waals surface area contributed by atoms with Crippen molar-refractivity contribution in [2.45, 2.75) is 36.8 Å². The molecule has 0 aromatic heterocycles. The molecule has 2 aromatic rings. The first kappa shape index (κ1) is 23.9. The number of anilines is 2. The molecule has 0 fully saturated rings. The lowest BCUT2D eigenvalue weighted by Gasteiger charge is -2.24. The third-order valence-electron chi connectivity index (χ3n) is 5.33. The molecule has 1 aliphatic rings. The maximum atomic E-state index is 12.7. The Balaban J connectivity index is 1.63. The molecule has 1 aliphatic carbocycles. The largest absolute Gasteiger partial charge is 0.481 e. The Morgan fingerprint density at radius 1 is 1.06 bits per heavy atom. The number of carboxylic acid groups (broad SMARTS) is 1. The topological polar surface area (TPSA) is 95.5 Å². The molecule has 32 heavy (non-hydrogen) atoms. The fraction of sp³-hybridized carbons (Fsp3) is 0.292. The van der Waals surface area contributed by atoms with Crippen molar-refractivity contribution in [3.8, 4) is 0 Å². The first-order valence-corrected chi connectivity index (χ1v) is 11.5. The molecule has 3 atom stereocenters. The lowest BCUT2D eigenvalue weighted by atomic mass is 9.82. The van der Waals surface area contributed by atoms with Gasteiger partial charge in [-0.1, -0.05) is 35.9 Å². The Hall–Kier alpha value is -2.77. The van der Waals surface area contributed by atoms with E-state index in [4.69, 9.17) is 11.6 Å². The lowest BCUT2D eigenvalue weighted by Crippen LogP contribution is -2.34. The SMILES string of the molecule is Cc1ccc(Cl)cc1NC(=O)C(C)Sc1cccc(NC(=O)C2CC=CCC2C(=O)O)c1. The van der Waals surface area contributed by atoms with Gasteiger partial charge >= 0.3 is 5.97 Å². The number of nitrogens with one attached hydrogen (secondary N) is 2. The van der Waals surface area contributed by atoms with Gasteiger partial charge in [0.05, 0.1) is 17.1 Å². The molecule has 0 spiro atoms. The van der Waals surface area contributed by atoms with E-state index in [1.807, 2.05) is 25.1 Å². The van der Waals surface area contributed by atoms with E-state index >= 15 is 0 Å². The highest BCUT2D eigenvalue weighted by Crippen LogP contribution is 2.30. The third kappa shape index (κ3) is 6.14. The first-order valence-electron chi connectivity index (χ1n) is 10.3. The monoisotopic (exact) mass is 472 g/mol. The summed E-state index contributed by atoms with van der Waals surface area (Å²) in [6.07, 6.45) is 4.40. The number of carbonyl (C=O) groups is 3. The van der Waals surface area contributed by atoms with Gasteiger partial charge in [0.25, 0.3) is 0 Å². The van der Waals surface area contributed by atoms with Crippen molar-refractivity contribution in [3.63, 3.8) is 0 Å². The van der Waals surface area contributed by atoms with Crippen LogP contribution in [-0.2, 0) is 14.4 Å². The number of hydrogen-bond donors (Lipinski definition) is 3. The Bertz CT molecular complexity index is 1060. The Morgan fingerprint density at radius 3 is 2.50 bits per heavy atom. The predicted molar refractivity (Wildman–Crippen MR) is 128 cm³/mol. The average molecular weight is 473 g/mol. The van der Waals surface area contributed by atoms with E-state index in [9.17, 15) is 19.5 Å². The summed E-state index contributed by atoms with van der Waals surface area (Å²) in [7, 11) is 0. The van der Waals surface area contributed by atoms with Crippen molar-refractivity contribution in [2.24, 2.45) is 11.8 Å². The highest BCUT2D eigenvalue weighted by Gasteiger charge is 2.34.